The molecule has 1 amide bonds. The van der Waals surface area contributed by atoms with Gasteiger partial charge in [-0.15, -0.1) is 0 Å². The van der Waals surface area contributed by atoms with Crippen molar-refractivity contribution < 1.29 is 9.53 Å². The Hall–Kier alpha value is -3.85. The van der Waals surface area contributed by atoms with E-state index < -0.39 is 0 Å². The molecule has 0 radical (unpaired) electrons. The number of nitrogens with one attached hydrogen (secondary N) is 2. The van der Waals surface area contributed by atoms with E-state index in [9.17, 15) is 4.79 Å². The summed E-state index contributed by atoms with van der Waals surface area (Å²) in [5.74, 6) is -0.325. The first-order valence-corrected chi connectivity index (χ1v) is 10.1. The molecule has 1 fully saturated rings. The number of aromatic nitrogens is 6. The summed E-state index contributed by atoms with van der Waals surface area (Å²) < 4.78 is 7.39. The van der Waals surface area contributed by atoms with Crippen LogP contribution in [0, 0.1) is 0 Å². The molecular weight excluding hydrogens is 394 g/mol. The number of anilines is 1. The van der Waals surface area contributed by atoms with Gasteiger partial charge in [0.1, 0.15) is 11.4 Å². The van der Waals surface area contributed by atoms with Crippen molar-refractivity contribution >= 4 is 11.6 Å². The van der Waals surface area contributed by atoms with Crippen LogP contribution in [0.4, 0.5) is 5.69 Å². The second kappa shape index (κ2) is 8.49. The number of hydrogen-bond acceptors (Lipinski definition) is 6. The van der Waals surface area contributed by atoms with E-state index in [1.807, 2.05) is 35.1 Å². The van der Waals surface area contributed by atoms with Crippen LogP contribution in [0.15, 0.2) is 61.2 Å². The third-order valence-corrected chi connectivity index (χ3v) is 5.27. The third-order valence-electron chi connectivity index (χ3n) is 5.27. The van der Waals surface area contributed by atoms with Crippen LogP contribution in [0.3, 0.4) is 0 Å². The molecule has 0 spiro atoms. The van der Waals surface area contributed by atoms with Crippen LogP contribution in [0.2, 0.25) is 0 Å². The van der Waals surface area contributed by atoms with E-state index in [4.69, 9.17) is 9.84 Å². The molecule has 4 aromatic rings. The maximum Gasteiger partial charge on any atom is 0.275 e. The monoisotopic (exact) mass is 415 g/mol. The number of nitrogens with zero attached hydrogens (tertiary/aromatic N) is 5. The average Bonchev–Trinajstić information content (AvgIpc) is 3.51. The normalized spacial score (nSPS) is 14.5. The number of carbonyl (C=O) groups excluding carboxylic acids is 1. The van der Waals surface area contributed by atoms with Gasteiger partial charge in [0, 0.05) is 43.6 Å². The molecule has 0 atom stereocenters. The molecule has 4 aromatic heterocycles. The van der Waals surface area contributed by atoms with Gasteiger partial charge in [-0.3, -0.25) is 24.5 Å². The zero-order valence-electron chi connectivity index (χ0n) is 16.7. The lowest BCUT2D eigenvalue weighted by Gasteiger charge is -2.22. The van der Waals surface area contributed by atoms with Crippen molar-refractivity contribution in [3.63, 3.8) is 0 Å². The first-order valence-electron chi connectivity index (χ1n) is 10.1. The Balaban J connectivity index is 1.50. The van der Waals surface area contributed by atoms with Crippen LogP contribution in [-0.2, 0) is 4.74 Å². The molecule has 1 saturated heterocycles. The summed E-state index contributed by atoms with van der Waals surface area (Å²) in [5.41, 5.74) is 3.61. The molecule has 0 bridgehead atoms. The number of carbonyl (C=O) groups is 1. The molecule has 9 nitrogen and oxygen atoms in total. The number of H-pyrrole nitrogens is 1. The van der Waals surface area contributed by atoms with Gasteiger partial charge in [0.2, 0.25) is 0 Å². The summed E-state index contributed by atoms with van der Waals surface area (Å²) in [6.07, 6.45) is 8.57. The minimum absolute atomic E-state index is 0.220. The Morgan fingerprint density at radius 1 is 1.06 bits per heavy atom. The van der Waals surface area contributed by atoms with E-state index in [0.29, 0.717) is 41.5 Å². The molecule has 1 aliphatic rings. The summed E-state index contributed by atoms with van der Waals surface area (Å²) in [6.45, 7) is 1.40. The van der Waals surface area contributed by atoms with Gasteiger partial charge in [-0.1, -0.05) is 6.07 Å². The molecule has 0 unspecified atom stereocenters. The Kier molecular flexibility index (Phi) is 5.24. The summed E-state index contributed by atoms with van der Waals surface area (Å²) in [5, 5.41) is 14.6. The van der Waals surface area contributed by atoms with E-state index in [0.717, 1.165) is 18.5 Å². The second-order valence-corrected chi connectivity index (χ2v) is 7.25. The first kappa shape index (κ1) is 19.1. The van der Waals surface area contributed by atoms with Crippen LogP contribution in [0.1, 0.15) is 29.4 Å². The smallest absolute Gasteiger partial charge is 0.275 e. The number of aromatic amines is 1. The fourth-order valence-electron chi connectivity index (χ4n) is 3.70. The summed E-state index contributed by atoms with van der Waals surface area (Å²) in [6, 6.07) is 11.3. The third kappa shape index (κ3) is 3.95. The van der Waals surface area contributed by atoms with Gasteiger partial charge in [0.25, 0.3) is 5.91 Å². The van der Waals surface area contributed by atoms with Crippen LogP contribution in [0.25, 0.3) is 22.6 Å². The second-order valence-electron chi connectivity index (χ2n) is 7.25. The molecule has 0 aromatic carbocycles. The SMILES string of the molecule is O=C(Nc1cn(C2CCOCC2)nc1-c1ccccn1)c1ncccc1-c1ccn[nH]1. The topological polar surface area (TPSA) is 111 Å². The fourth-order valence-corrected chi connectivity index (χ4v) is 3.70. The van der Waals surface area contributed by atoms with Crippen molar-refractivity contribution in [3.05, 3.63) is 66.9 Å². The lowest BCUT2D eigenvalue weighted by Crippen LogP contribution is -2.20. The van der Waals surface area contributed by atoms with Crippen molar-refractivity contribution in [1.29, 1.82) is 0 Å². The van der Waals surface area contributed by atoms with Crippen LogP contribution in [-0.4, -0.2) is 49.1 Å². The van der Waals surface area contributed by atoms with Gasteiger partial charge in [-0.05, 0) is 43.2 Å². The van der Waals surface area contributed by atoms with Gasteiger partial charge < -0.3 is 10.1 Å². The quantitative estimate of drug-likeness (QED) is 0.517. The van der Waals surface area contributed by atoms with Gasteiger partial charge in [0.15, 0.2) is 0 Å². The van der Waals surface area contributed by atoms with Crippen molar-refractivity contribution in [3.8, 4) is 22.6 Å². The Morgan fingerprint density at radius 3 is 2.71 bits per heavy atom. The standard InChI is InChI=1S/C22H21N7O2/c30-22(20-16(4-3-10-24-20)17-6-11-25-27-17)26-19-14-29(15-7-12-31-13-8-15)28-21(19)18-5-1-2-9-23-18/h1-6,9-11,14-15H,7-8,12-13H2,(H,25,27)(H,26,30). The fraction of sp³-hybridized carbons (Fsp3) is 0.227. The van der Waals surface area contributed by atoms with Crippen molar-refractivity contribution in [2.45, 2.75) is 18.9 Å². The molecule has 2 N–H and O–H groups in total. The highest BCUT2D eigenvalue weighted by Crippen LogP contribution is 2.30. The lowest BCUT2D eigenvalue weighted by molar-refractivity contribution is 0.0663. The molecule has 0 aliphatic carbocycles. The Labute approximate surface area is 178 Å². The van der Waals surface area contributed by atoms with Crippen molar-refractivity contribution in [2.24, 2.45) is 0 Å². The van der Waals surface area contributed by atoms with E-state index in [2.05, 4.69) is 25.5 Å². The molecule has 5 rings (SSSR count). The van der Waals surface area contributed by atoms with Crippen LogP contribution in [0.5, 0.6) is 0 Å². The number of pyridine rings is 2. The number of rotatable bonds is 5. The van der Waals surface area contributed by atoms with Crippen LogP contribution < -0.4 is 5.32 Å². The molecule has 31 heavy (non-hydrogen) atoms. The maximum atomic E-state index is 13.2. The zero-order valence-corrected chi connectivity index (χ0v) is 16.7. The number of amides is 1. The summed E-state index contributed by atoms with van der Waals surface area (Å²) in [4.78, 5) is 22.0. The van der Waals surface area contributed by atoms with Crippen LogP contribution >= 0.6 is 0 Å². The molecule has 5 heterocycles. The maximum absolute atomic E-state index is 13.2. The average molecular weight is 415 g/mol. The minimum Gasteiger partial charge on any atom is -0.381 e. The first-order chi connectivity index (χ1) is 15.3. The highest BCUT2D eigenvalue weighted by Gasteiger charge is 2.23. The highest BCUT2D eigenvalue weighted by molar-refractivity contribution is 6.08. The molecule has 156 valence electrons. The lowest BCUT2D eigenvalue weighted by atomic mass is 10.1. The van der Waals surface area contributed by atoms with E-state index in [-0.39, 0.29) is 11.9 Å². The summed E-state index contributed by atoms with van der Waals surface area (Å²) in [7, 11) is 0. The summed E-state index contributed by atoms with van der Waals surface area (Å²) >= 11 is 0. The largest absolute Gasteiger partial charge is 0.381 e. The van der Waals surface area contributed by atoms with Crippen molar-refractivity contribution in [2.75, 3.05) is 18.5 Å². The number of hydrogen-bond donors (Lipinski definition) is 2. The highest BCUT2D eigenvalue weighted by atomic mass is 16.5. The molecule has 1 aliphatic heterocycles. The predicted octanol–water partition coefficient (Wildman–Crippen LogP) is 3.33. The van der Waals surface area contributed by atoms with E-state index in [1.54, 1.807) is 30.7 Å². The van der Waals surface area contributed by atoms with Gasteiger partial charge in [-0.2, -0.15) is 10.2 Å². The molecule has 9 heteroatoms. The number of ether oxygens (including phenoxy) is 1. The Morgan fingerprint density at radius 2 is 1.94 bits per heavy atom. The predicted molar refractivity (Wildman–Crippen MR) is 114 cm³/mol. The van der Waals surface area contributed by atoms with Crippen molar-refractivity contribution in [1.82, 2.24) is 29.9 Å². The molecular formula is C22H21N7O2. The van der Waals surface area contributed by atoms with E-state index >= 15 is 0 Å². The minimum atomic E-state index is -0.325. The van der Waals surface area contributed by atoms with Gasteiger partial charge in [0.05, 0.1) is 23.1 Å². The van der Waals surface area contributed by atoms with Gasteiger partial charge >= 0.3 is 0 Å². The zero-order chi connectivity index (χ0) is 21.0. The Bertz CT molecular complexity index is 1170. The molecule has 0 saturated carbocycles. The van der Waals surface area contributed by atoms with Gasteiger partial charge in [-0.25, -0.2) is 0 Å². The van der Waals surface area contributed by atoms with E-state index in [1.165, 1.54) is 0 Å².